The van der Waals surface area contributed by atoms with Crippen LogP contribution in [0.15, 0.2) is 108 Å². The molecule has 202 valence electrons. The van der Waals surface area contributed by atoms with Crippen molar-refractivity contribution in [2.24, 2.45) is 16.9 Å². The van der Waals surface area contributed by atoms with Gasteiger partial charge in [-0.25, -0.2) is 10.3 Å². The molecule has 4 aromatic carbocycles. The minimum atomic E-state index is -1.01. The second-order valence-corrected chi connectivity index (χ2v) is 11.2. The van der Waals surface area contributed by atoms with Crippen molar-refractivity contribution in [3.63, 3.8) is 0 Å². The summed E-state index contributed by atoms with van der Waals surface area (Å²) in [6.07, 6.45) is 2.60. The van der Waals surface area contributed by atoms with Gasteiger partial charge in [0.1, 0.15) is 0 Å². The van der Waals surface area contributed by atoms with Crippen LogP contribution in [-0.2, 0) is 26.2 Å². The molecular formula is C35H29N3O3. The van der Waals surface area contributed by atoms with Crippen LogP contribution >= 0.6 is 0 Å². The molecule has 0 spiro atoms. The number of aryl methyl sites for hydroxylation is 2. The monoisotopic (exact) mass is 539 g/mol. The zero-order chi connectivity index (χ0) is 28.1. The topological polar surface area (TPSA) is 78.8 Å². The van der Waals surface area contributed by atoms with E-state index < -0.39 is 17.3 Å². The number of rotatable bonds is 6. The Kier molecular flexibility index (Phi) is 5.93. The van der Waals surface area contributed by atoms with Gasteiger partial charge in [-0.2, -0.15) is 5.10 Å². The predicted molar refractivity (Wildman–Crippen MR) is 158 cm³/mol. The molecule has 1 aliphatic heterocycles. The quantitative estimate of drug-likeness (QED) is 0.206. The van der Waals surface area contributed by atoms with Crippen molar-refractivity contribution in [1.82, 2.24) is 5.43 Å². The first kappa shape index (κ1) is 25.1. The SMILES string of the molecule is Cc1ccc(N2C(=O)[C@H]3C4c5ccccc5C(/C=N\NC(=O)CCc5ccccc5)(c5ccccc54)[C@H]3C2=O)cc1. The predicted octanol–water partition coefficient (Wildman–Crippen LogP) is 5.28. The number of nitrogens with zero attached hydrogens (tertiary/aromatic N) is 2. The van der Waals surface area contributed by atoms with Crippen LogP contribution < -0.4 is 10.3 Å². The van der Waals surface area contributed by atoms with Gasteiger partial charge >= 0.3 is 0 Å². The Labute approximate surface area is 238 Å². The molecule has 41 heavy (non-hydrogen) atoms. The smallest absolute Gasteiger partial charge is 0.240 e. The van der Waals surface area contributed by atoms with Gasteiger partial charge in [-0.05, 0) is 53.3 Å². The number of nitrogens with one attached hydrogen (secondary N) is 1. The molecule has 2 atom stereocenters. The number of hydrazone groups is 1. The van der Waals surface area contributed by atoms with Crippen LogP contribution in [-0.4, -0.2) is 23.9 Å². The summed E-state index contributed by atoms with van der Waals surface area (Å²) in [4.78, 5) is 42.7. The van der Waals surface area contributed by atoms with Crippen molar-refractivity contribution >= 4 is 29.6 Å². The lowest BCUT2D eigenvalue weighted by molar-refractivity contribution is -0.123. The van der Waals surface area contributed by atoms with Gasteiger partial charge in [-0.15, -0.1) is 0 Å². The average molecular weight is 540 g/mol. The third kappa shape index (κ3) is 3.78. The summed E-state index contributed by atoms with van der Waals surface area (Å²) in [6.45, 7) is 1.98. The summed E-state index contributed by atoms with van der Waals surface area (Å²) in [5, 5.41) is 4.50. The molecule has 3 aliphatic carbocycles. The molecular weight excluding hydrogens is 510 g/mol. The minimum absolute atomic E-state index is 0.192. The van der Waals surface area contributed by atoms with Crippen LogP contribution in [0.3, 0.4) is 0 Å². The second-order valence-electron chi connectivity index (χ2n) is 11.2. The average Bonchev–Trinajstić information content (AvgIpc) is 3.28. The lowest BCUT2D eigenvalue weighted by atomic mass is 9.47. The van der Waals surface area contributed by atoms with Gasteiger partial charge < -0.3 is 0 Å². The van der Waals surface area contributed by atoms with Crippen molar-refractivity contribution in [2.75, 3.05) is 4.90 Å². The number of amides is 3. The first-order valence-corrected chi connectivity index (χ1v) is 14.0. The minimum Gasteiger partial charge on any atom is -0.274 e. The molecule has 2 bridgehead atoms. The summed E-state index contributed by atoms with van der Waals surface area (Å²) in [5.41, 5.74) is 8.39. The fourth-order valence-corrected chi connectivity index (χ4v) is 7.16. The van der Waals surface area contributed by atoms with Gasteiger partial charge in [-0.3, -0.25) is 14.4 Å². The number of hydrogen-bond donors (Lipinski definition) is 1. The molecule has 3 amide bonds. The molecule has 0 saturated carbocycles. The number of carbonyl (C=O) groups excluding carboxylic acids is 3. The van der Waals surface area contributed by atoms with E-state index in [2.05, 4.69) is 22.7 Å². The van der Waals surface area contributed by atoms with E-state index in [4.69, 9.17) is 0 Å². The maximum atomic E-state index is 14.4. The van der Waals surface area contributed by atoms with Crippen LogP contribution in [0.1, 0.15) is 45.7 Å². The van der Waals surface area contributed by atoms with Gasteiger partial charge in [0, 0.05) is 18.6 Å². The van der Waals surface area contributed by atoms with Gasteiger partial charge in [0.15, 0.2) is 0 Å². The molecule has 1 heterocycles. The fraction of sp³-hybridized carbons (Fsp3) is 0.200. The van der Waals surface area contributed by atoms with E-state index in [9.17, 15) is 14.4 Å². The summed E-state index contributed by atoms with van der Waals surface area (Å²) in [5.74, 6) is -2.14. The Hall–Kier alpha value is -4.84. The highest BCUT2D eigenvalue weighted by molar-refractivity contribution is 6.25. The van der Waals surface area contributed by atoms with Crippen LogP contribution in [0.4, 0.5) is 5.69 Å². The number of anilines is 1. The van der Waals surface area contributed by atoms with Crippen molar-refractivity contribution in [1.29, 1.82) is 0 Å². The number of imide groups is 1. The highest BCUT2D eigenvalue weighted by Crippen LogP contribution is 2.63. The molecule has 0 aromatic heterocycles. The first-order chi connectivity index (χ1) is 20.0. The van der Waals surface area contributed by atoms with Crippen LogP contribution in [0.25, 0.3) is 0 Å². The number of carbonyl (C=O) groups is 3. The normalized spacial score (nSPS) is 23.8. The Morgan fingerprint density at radius 1 is 0.829 bits per heavy atom. The fourth-order valence-electron chi connectivity index (χ4n) is 7.16. The molecule has 4 aromatic rings. The Morgan fingerprint density at radius 3 is 2.10 bits per heavy atom. The van der Waals surface area contributed by atoms with E-state index >= 15 is 0 Å². The molecule has 0 unspecified atom stereocenters. The molecule has 1 fully saturated rings. The lowest BCUT2D eigenvalue weighted by Crippen LogP contribution is -2.54. The van der Waals surface area contributed by atoms with Gasteiger partial charge in [-0.1, -0.05) is 96.6 Å². The van der Waals surface area contributed by atoms with Gasteiger partial charge in [0.2, 0.25) is 17.7 Å². The van der Waals surface area contributed by atoms with E-state index in [1.165, 1.54) is 4.90 Å². The summed E-state index contributed by atoms with van der Waals surface area (Å²) >= 11 is 0. The lowest BCUT2D eigenvalue weighted by Gasteiger charge is -2.52. The maximum absolute atomic E-state index is 14.4. The van der Waals surface area contributed by atoms with E-state index in [1.54, 1.807) is 6.21 Å². The number of hydrogen-bond acceptors (Lipinski definition) is 4. The first-order valence-electron chi connectivity index (χ1n) is 14.0. The molecule has 6 nitrogen and oxygen atoms in total. The second kappa shape index (κ2) is 9.66. The standard InChI is InChI=1S/C35H29N3O3/c1-22-15-18-24(19-16-22)38-33(40)31-30-25-11-5-7-13-27(25)35(32(31)34(38)41,28-14-8-6-12-26(28)30)21-36-37-29(39)20-17-23-9-3-2-4-10-23/h2-16,18-19,21,30-32H,17,20H2,1H3,(H,37,39)/b36-21-/t30?,31-,32+,35?/m0/s1. The summed E-state index contributed by atoms with van der Waals surface area (Å²) in [7, 11) is 0. The van der Waals surface area contributed by atoms with Crippen molar-refractivity contribution in [2.45, 2.75) is 31.1 Å². The zero-order valence-corrected chi connectivity index (χ0v) is 22.7. The Bertz CT molecular complexity index is 1660. The van der Waals surface area contributed by atoms with E-state index in [1.807, 2.05) is 97.9 Å². The number of benzene rings is 4. The zero-order valence-electron chi connectivity index (χ0n) is 22.7. The van der Waals surface area contributed by atoms with E-state index in [0.29, 0.717) is 12.1 Å². The summed E-state index contributed by atoms with van der Waals surface area (Å²) in [6, 6.07) is 33.4. The molecule has 1 N–H and O–H groups in total. The third-order valence-electron chi connectivity index (χ3n) is 8.92. The van der Waals surface area contributed by atoms with Gasteiger partial charge in [0.05, 0.1) is 22.9 Å². The maximum Gasteiger partial charge on any atom is 0.240 e. The van der Waals surface area contributed by atoms with E-state index in [0.717, 1.165) is 33.4 Å². The van der Waals surface area contributed by atoms with Crippen molar-refractivity contribution in [3.05, 3.63) is 137 Å². The highest BCUT2D eigenvalue weighted by atomic mass is 16.2. The van der Waals surface area contributed by atoms with Crippen LogP contribution in [0.5, 0.6) is 0 Å². The highest BCUT2D eigenvalue weighted by Gasteiger charge is 2.68. The largest absolute Gasteiger partial charge is 0.274 e. The Balaban J connectivity index is 1.31. The Morgan fingerprint density at radius 2 is 1.44 bits per heavy atom. The molecule has 0 radical (unpaired) electrons. The summed E-state index contributed by atoms with van der Waals surface area (Å²) < 4.78 is 0. The molecule has 4 aliphatic rings. The van der Waals surface area contributed by atoms with Crippen molar-refractivity contribution < 1.29 is 14.4 Å². The van der Waals surface area contributed by atoms with E-state index in [-0.39, 0.29) is 30.1 Å². The molecule has 6 heteroatoms. The third-order valence-corrected chi connectivity index (χ3v) is 8.92. The molecule has 1 saturated heterocycles. The van der Waals surface area contributed by atoms with Crippen LogP contribution in [0.2, 0.25) is 0 Å². The van der Waals surface area contributed by atoms with Crippen molar-refractivity contribution in [3.8, 4) is 0 Å². The van der Waals surface area contributed by atoms with Crippen LogP contribution in [0, 0.1) is 18.8 Å². The molecule has 8 rings (SSSR count). The van der Waals surface area contributed by atoms with Gasteiger partial charge in [0.25, 0.3) is 0 Å².